The Morgan fingerprint density at radius 2 is 2.15 bits per heavy atom. The van der Waals surface area contributed by atoms with Crippen LogP contribution in [0.3, 0.4) is 0 Å². The largest absolute Gasteiger partial charge is 0.302 e. The van der Waals surface area contributed by atoms with Gasteiger partial charge in [-0.1, -0.05) is 18.2 Å². The lowest BCUT2D eigenvalue weighted by molar-refractivity contribution is 0.187. The van der Waals surface area contributed by atoms with Crippen LogP contribution in [0, 0.1) is 24.6 Å². The Hall–Kier alpha value is -2.05. The van der Waals surface area contributed by atoms with Crippen molar-refractivity contribution in [2.45, 2.75) is 25.7 Å². The fraction of sp³-hybridized carbons (Fsp3) is 0.429. The van der Waals surface area contributed by atoms with Crippen LogP contribution in [0.2, 0.25) is 0 Å². The fourth-order valence-electron chi connectivity index (χ4n) is 4.89. The number of nitrogens with zero attached hydrogens (tertiary/aromatic N) is 3. The van der Waals surface area contributed by atoms with Crippen molar-refractivity contribution in [1.29, 1.82) is 0 Å². The van der Waals surface area contributed by atoms with Crippen LogP contribution in [0.1, 0.15) is 29.2 Å². The molecule has 140 valence electrons. The highest BCUT2D eigenvalue weighted by atomic mass is 32.1. The molecule has 27 heavy (non-hydrogen) atoms. The SMILES string of the molecule is Cc1nc2sccn2c(=O)c1CCN1CC2CC(c3ccccc3F)C2C1. The number of benzene rings is 1. The standard InChI is InChI=1S/C21H22FN3OS/c1-13-15(20(26)25-8-9-27-21(25)23-13)6-7-24-11-14-10-17(18(14)12-24)16-4-2-3-5-19(16)22/h2-5,8-9,14,17-18H,6-7,10-12H2,1H3. The Balaban J connectivity index is 1.28. The van der Waals surface area contributed by atoms with E-state index >= 15 is 0 Å². The average molecular weight is 383 g/mol. The predicted molar refractivity (Wildman–Crippen MR) is 105 cm³/mol. The molecule has 0 amide bonds. The van der Waals surface area contributed by atoms with E-state index in [0.29, 0.717) is 17.8 Å². The van der Waals surface area contributed by atoms with E-state index < -0.39 is 0 Å². The first-order valence-corrected chi connectivity index (χ1v) is 10.4. The minimum Gasteiger partial charge on any atom is -0.302 e. The molecule has 2 aliphatic rings. The highest BCUT2D eigenvalue weighted by molar-refractivity contribution is 7.15. The topological polar surface area (TPSA) is 37.6 Å². The van der Waals surface area contributed by atoms with E-state index in [1.54, 1.807) is 22.7 Å². The van der Waals surface area contributed by atoms with Gasteiger partial charge in [-0.05, 0) is 49.1 Å². The molecule has 0 radical (unpaired) electrons. The zero-order valence-corrected chi connectivity index (χ0v) is 16.1. The molecule has 1 aliphatic heterocycles. The first kappa shape index (κ1) is 17.1. The molecule has 2 aromatic heterocycles. The Labute approximate surface area is 161 Å². The second kappa shape index (κ2) is 6.53. The van der Waals surface area contributed by atoms with E-state index in [1.165, 1.54) is 11.3 Å². The molecule has 2 fully saturated rings. The summed E-state index contributed by atoms with van der Waals surface area (Å²) in [4.78, 5) is 20.5. The van der Waals surface area contributed by atoms with Gasteiger partial charge in [0, 0.05) is 42.5 Å². The second-order valence-electron chi connectivity index (χ2n) is 7.83. The third-order valence-corrected chi connectivity index (χ3v) is 7.15. The minimum atomic E-state index is -0.0711. The first-order valence-electron chi connectivity index (χ1n) is 9.54. The Morgan fingerprint density at radius 1 is 1.30 bits per heavy atom. The van der Waals surface area contributed by atoms with Gasteiger partial charge in [0.05, 0.1) is 0 Å². The van der Waals surface area contributed by atoms with Crippen molar-refractivity contribution in [2.24, 2.45) is 11.8 Å². The number of rotatable bonds is 4. The number of aromatic nitrogens is 2. The third kappa shape index (κ3) is 2.82. The van der Waals surface area contributed by atoms with Gasteiger partial charge < -0.3 is 4.90 Å². The van der Waals surface area contributed by atoms with E-state index in [1.807, 2.05) is 24.4 Å². The number of thiazole rings is 1. The molecule has 5 rings (SSSR count). The smallest absolute Gasteiger partial charge is 0.261 e. The van der Waals surface area contributed by atoms with Gasteiger partial charge in [-0.3, -0.25) is 9.20 Å². The third-order valence-electron chi connectivity index (χ3n) is 6.39. The van der Waals surface area contributed by atoms with Gasteiger partial charge in [0.25, 0.3) is 5.56 Å². The maximum absolute atomic E-state index is 14.1. The monoisotopic (exact) mass is 383 g/mol. The van der Waals surface area contributed by atoms with Crippen LogP contribution < -0.4 is 5.56 Å². The van der Waals surface area contributed by atoms with E-state index in [4.69, 9.17) is 0 Å². The number of hydrogen-bond acceptors (Lipinski definition) is 4. The normalized spacial score (nSPS) is 24.9. The number of aryl methyl sites for hydroxylation is 1. The molecule has 3 atom stereocenters. The zero-order valence-electron chi connectivity index (χ0n) is 15.3. The summed E-state index contributed by atoms with van der Waals surface area (Å²) in [6, 6.07) is 7.20. The second-order valence-corrected chi connectivity index (χ2v) is 8.71. The molecular formula is C21H22FN3OS. The molecule has 1 saturated carbocycles. The molecule has 3 unspecified atom stereocenters. The average Bonchev–Trinajstić information content (AvgIpc) is 3.22. The molecule has 0 bridgehead atoms. The van der Waals surface area contributed by atoms with Crippen LogP contribution in [0.4, 0.5) is 4.39 Å². The Kier molecular flexibility index (Phi) is 4.13. The van der Waals surface area contributed by atoms with Crippen LogP contribution in [0.5, 0.6) is 0 Å². The Bertz CT molecular complexity index is 1060. The van der Waals surface area contributed by atoms with Crippen molar-refractivity contribution < 1.29 is 4.39 Å². The van der Waals surface area contributed by atoms with E-state index in [-0.39, 0.29) is 11.4 Å². The summed E-state index contributed by atoms with van der Waals surface area (Å²) in [6.07, 6.45) is 3.60. The van der Waals surface area contributed by atoms with Crippen LogP contribution >= 0.6 is 11.3 Å². The summed E-state index contributed by atoms with van der Waals surface area (Å²) in [5.74, 6) is 1.48. The van der Waals surface area contributed by atoms with Crippen LogP contribution in [0.25, 0.3) is 4.96 Å². The van der Waals surface area contributed by atoms with Crippen LogP contribution in [-0.4, -0.2) is 33.9 Å². The Morgan fingerprint density at radius 3 is 3.00 bits per heavy atom. The molecular weight excluding hydrogens is 361 g/mol. The maximum atomic E-state index is 14.1. The number of likely N-dealkylation sites (tertiary alicyclic amines) is 1. The molecule has 0 spiro atoms. The lowest BCUT2D eigenvalue weighted by Crippen LogP contribution is -2.34. The highest BCUT2D eigenvalue weighted by Crippen LogP contribution is 2.51. The maximum Gasteiger partial charge on any atom is 0.261 e. The van der Waals surface area contributed by atoms with Gasteiger partial charge in [-0.15, -0.1) is 11.3 Å². The molecule has 6 heteroatoms. The summed E-state index contributed by atoms with van der Waals surface area (Å²) in [7, 11) is 0. The van der Waals surface area contributed by atoms with Crippen LogP contribution in [0.15, 0.2) is 40.6 Å². The van der Waals surface area contributed by atoms with Crippen molar-refractivity contribution in [2.75, 3.05) is 19.6 Å². The van der Waals surface area contributed by atoms with Crippen molar-refractivity contribution >= 4 is 16.3 Å². The van der Waals surface area contributed by atoms with Crippen molar-refractivity contribution in [3.05, 3.63) is 68.8 Å². The van der Waals surface area contributed by atoms with E-state index in [2.05, 4.69) is 9.88 Å². The minimum absolute atomic E-state index is 0.0603. The summed E-state index contributed by atoms with van der Waals surface area (Å²) in [5.41, 5.74) is 2.59. The van der Waals surface area contributed by atoms with Crippen molar-refractivity contribution in [3.8, 4) is 0 Å². The number of fused-ring (bicyclic) bond motifs is 2. The van der Waals surface area contributed by atoms with Crippen LogP contribution in [-0.2, 0) is 6.42 Å². The van der Waals surface area contributed by atoms with Gasteiger partial charge in [0.2, 0.25) is 0 Å². The first-order chi connectivity index (χ1) is 13.1. The highest BCUT2D eigenvalue weighted by Gasteiger charge is 2.47. The molecule has 4 nitrogen and oxygen atoms in total. The summed E-state index contributed by atoms with van der Waals surface area (Å²) < 4.78 is 15.8. The van der Waals surface area contributed by atoms with Gasteiger partial charge >= 0.3 is 0 Å². The summed E-state index contributed by atoms with van der Waals surface area (Å²) in [6.45, 7) is 4.85. The van der Waals surface area contributed by atoms with E-state index in [0.717, 1.165) is 54.3 Å². The zero-order chi connectivity index (χ0) is 18.5. The lowest BCUT2D eigenvalue weighted by atomic mass is 9.64. The van der Waals surface area contributed by atoms with Crippen molar-refractivity contribution in [1.82, 2.24) is 14.3 Å². The molecule has 0 N–H and O–H groups in total. The van der Waals surface area contributed by atoms with Gasteiger partial charge in [0.15, 0.2) is 4.96 Å². The van der Waals surface area contributed by atoms with Crippen molar-refractivity contribution in [3.63, 3.8) is 0 Å². The number of halogens is 1. The molecule has 1 aliphatic carbocycles. The summed E-state index contributed by atoms with van der Waals surface area (Å²) >= 11 is 1.49. The van der Waals surface area contributed by atoms with E-state index in [9.17, 15) is 9.18 Å². The molecule has 3 heterocycles. The lowest BCUT2D eigenvalue weighted by Gasteiger charge is -2.40. The van der Waals surface area contributed by atoms with Gasteiger partial charge in [-0.2, -0.15) is 0 Å². The quantitative estimate of drug-likeness (QED) is 0.692. The molecule has 3 aromatic rings. The number of hydrogen-bond donors (Lipinski definition) is 0. The van der Waals surface area contributed by atoms with Gasteiger partial charge in [-0.25, -0.2) is 9.37 Å². The predicted octanol–water partition coefficient (Wildman–Crippen LogP) is 3.48. The molecule has 1 aromatic carbocycles. The van der Waals surface area contributed by atoms with Gasteiger partial charge in [0.1, 0.15) is 5.82 Å². The molecule has 1 saturated heterocycles. The fourth-order valence-corrected chi connectivity index (χ4v) is 5.64. The summed E-state index contributed by atoms with van der Waals surface area (Å²) in [5, 5.41) is 1.90.